The lowest BCUT2D eigenvalue weighted by Crippen LogP contribution is -2.30. The Morgan fingerprint density at radius 2 is 1.92 bits per heavy atom. The fraction of sp³-hybridized carbons (Fsp3) is 0.118. The highest BCUT2D eigenvalue weighted by Gasteiger charge is 2.28. The van der Waals surface area contributed by atoms with Crippen molar-refractivity contribution in [2.24, 2.45) is 0 Å². The minimum Gasteiger partial charge on any atom is -0.468 e. The Morgan fingerprint density at radius 3 is 2.60 bits per heavy atom. The van der Waals surface area contributed by atoms with Crippen molar-refractivity contribution in [1.29, 1.82) is 0 Å². The highest BCUT2D eigenvalue weighted by Crippen LogP contribution is 2.29. The number of halogens is 2. The Kier molecular flexibility index (Phi) is 5.44. The van der Waals surface area contributed by atoms with Crippen molar-refractivity contribution in [3.63, 3.8) is 0 Å². The van der Waals surface area contributed by atoms with Crippen LogP contribution in [-0.2, 0) is 23.1 Å². The number of benzene rings is 1. The number of hydrogen-bond donors (Lipinski definition) is 0. The maximum absolute atomic E-state index is 13.2. The average Bonchev–Trinajstić information content (AvgIpc) is 3.10. The third-order valence-electron chi connectivity index (χ3n) is 3.51. The first-order valence-corrected chi connectivity index (χ1v) is 9.53. The normalized spacial score (nSPS) is 11.8. The molecule has 0 aliphatic heterocycles. The van der Waals surface area contributed by atoms with E-state index in [1.807, 2.05) is 0 Å². The van der Waals surface area contributed by atoms with Gasteiger partial charge in [0.1, 0.15) is 10.7 Å². The van der Waals surface area contributed by atoms with Crippen LogP contribution in [0.5, 0.6) is 0 Å². The molecule has 3 aromatic rings. The van der Waals surface area contributed by atoms with E-state index in [0.29, 0.717) is 10.8 Å². The summed E-state index contributed by atoms with van der Waals surface area (Å²) < 4.78 is 32.9. The number of furan rings is 1. The van der Waals surface area contributed by atoms with Crippen LogP contribution in [0.4, 0.5) is 0 Å². The summed E-state index contributed by atoms with van der Waals surface area (Å²) in [7, 11) is -3.90. The number of pyridine rings is 1. The van der Waals surface area contributed by atoms with E-state index in [2.05, 4.69) is 4.98 Å². The molecule has 25 heavy (non-hydrogen) atoms. The molecule has 0 saturated carbocycles. The van der Waals surface area contributed by atoms with Crippen molar-refractivity contribution in [3.05, 3.63) is 82.5 Å². The summed E-state index contributed by atoms with van der Waals surface area (Å²) in [6, 6.07) is 11.3. The van der Waals surface area contributed by atoms with Gasteiger partial charge in [0.05, 0.1) is 17.8 Å². The third kappa shape index (κ3) is 4.22. The van der Waals surface area contributed by atoms with E-state index in [9.17, 15) is 8.42 Å². The van der Waals surface area contributed by atoms with Gasteiger partial charge in [-0.2, -0.15) is 4.31 Å². The fourth-order valence-corrected chi connectivity index (χ4v) is 4.44. The molecule has 0 saturated heterocycles. The first-order chi connectivity index (χ1) is 12.0. The van der Waals surface area contributed by atoms with Gasteiger partial charge in [0.25, 0.3) is 0 Å². The second-order valence-electron chi connectivity index (χ2n) is 5.29. The Balaban J connectivity index is 2.01. The average molecular weight is 397 g/mol. The van der Waals surface area contributed by atoms with Gasteiger partial charge < -0.3 is 4.42 Å². The SMILES string of the molecule is O=S(=O)(c1cc(Cl)ccc1Cl)N(Cc1cccnc1)Cc1ccco1. The van der Waals surface area contributed by atoms with Crippen LogP contribution in [0.2, 0.25) is 10.0 Å². The summed E-state index contributed by atoms with van der Waals surface area (Å²) in [5.41, 5.74) is 0.746. The lowest BCUT2D eigenvalue weighted by molar-refractivity contribution is 0.358. The number of nitrogens with zero attached hydrogens (tertiary/aromatic N) is 2. The molecular formula is C17H14Cl2N2O3S. The molecule has 8 heteroatoms. The summed E-state index contributed by atoms with van der Waals surface area (Å²) in [5.74, 6) is 0.519. The molecule has 2 aromatic heterocycles. The minimum atomic E-state index is -3.90. The molecule has 0 fully saturated rings. The van der Waals surface area contributed by atoms with E-state index in [4.69, 9.17) is 27.6 Å². The quantitative estimate of drug-likeness (QED) is 0.620. The molecular weight excluding hydrogens is 383 g/mol. The smallest absolute Gasteiger partial charge is 0.245 e. The van der Waals surface area contributed by atoms with Gasteiger partial charge in [0.2, 0.25) is 10.0 Å². The van der Waals surface area contributed by atoms with E-state index >= 15 is 0 Å². The number of aromatic nitrogens is 1. The Hall–Kier alpha value is -1.86. The van der Waals surface area contributed by atoms with Crippen LogP contribution in [0.15, 0.2) is 70.4 Å². The van der Waals surface area contributed by atoms with Gasteiger partial charge in [-0.1, -0.05) is 29.3 Å². The van der Waals surface area contributed by atoms with Gasteiger partial charge in [0, 0.05) is 24.0 Å². The van der Waals surface area contributed by atoms with Gasteiger partial charge in [-0.05, 0) is 42.0 Å². The van der Waals surface area contributed by atoms with Crippen LogP contribution in [-0.4, -0.2) is 17.7 Å². The molecule has 0 aliphatic rings. The lowest BCUT2D eigenvalue weighted by Gasteiger charge is -2.22. The third-order valence-corrected chi connectivity index (χ3v) is 6.01. The minimum absolute atomic E-state index is 0.0443. The largest absolute Gasteiger partial charge is 0.468 e. The van der Waals surface area contributed by atoms with Gasteiger partial charge in [0.15, 0.2) is 0 Å². The molecule has 0 unspecified atom stereocenters. The monoisotopic (exact) mass is 396 g/mol. The summed E-state index contributed by atoms with van der Waals surface area (Å²) in [6.07, 6.45) is 4.74. The standard InChI is InChI=1S/C17H14Cl2N2O3S/c18-14-5-6-16(19)17(9-14)25(22,23)21(12-15-4-2-8-24-15)11-13-3-1-7-20-10-13/h1-10H,11-12H2. The van der Waals surface area contributed by atoms with Crippen molar-refractivity contribution in [2.75, 3.05) is 0 Å². The van der Waals surface area contributed by atoms with Crippen LogP contribution >= 0.6 is 23.2 Å². The van der Waals surface area contributed by atoms with Gasteiger partial charge in [-0.3, -0.25) is 4.98 Å². The molecule has 0 aliphatic carbocycles. The molecule has 0 amide bonds. The number of hydrogen-bond acceptors (Lipinski definition) is 4. The van der Waals surface area contributed by atoms with Gasteiger partial charge >= 0.3 is 0 Å². The van der Waals surface area contributed by atoms with E-state index in [-0.39, 0.29) is 23.0 Å². The molecule has 130 valence electrons. The van der Waals surface area contributed by atoms with Crippen molar-refractivity contribution in [3.8, 4) is 0 Å². The first-order valence-electron chi connectivity index (χ1n) is 7.33. The molecule has 2 heterocycles. The highest BCUT2D eigenvalue weighted by molar-refractivity contribution is 7.89. The van der Waals surface area contributed by atoms with Crippen molar-refractivity contribution >= 4 is 33.2 Å². The predicted octanol–water partition coefficient (Wildman–Crippen LogP) is 4.37. The van der Waals surface area contributed by atoms with Crippen LogP contribution in [0.1, 0.15) is 11.3 Å². The molecule has 0 atom stereocenters. The van der Waals surface area contributed by atoms with Crippen LogP contribution in [0.25, 0.3) is 0 Å². The zero-order valence-corrected chi connectivity index (χ0v) is 15.3. The molecule has 0 N–H and O–H groups in total. The maximum atomic E-state index is 13.2. The zero-order chi connectivity index (χ0) is 17.9. The second-order valence-corrected chi connectivity index (χ2v) is 8.04. The zero-order valence-electron chi connectivity index (χ0n) is 13.0. The molecule has 5 nitrogen and oxygen atoms in total. The first kappa shape index (κ1) is 17.9. The van der Waals surface area contributed by atoms with Gasteiger partial charge in [-0.25, -0.2) is 8.42 Å². The molecule has 3 rings (SSSR count). The maximum Gasteiger partial charge on any atom is 0.245 e. The lowest BCUT2D eigenvalue weighted by atomic mass is 10.3. The summed E-state index contributed by atoms with van der Waals surface area (Å²) in [4.78, 5) is 3.98. The summed E-state index contributed by atoms with van der Waals surface area (Å²) in [5, 5.41) is 0.405. The van der Waals surface area contributed by atoms with Crippen LogP contribution in [0.3, 0.4) is 0 Å². The molecule has 1 aromatic carbocycles. The van der Waals surface area contributed by atoms with Crippen LogP contribution < -0.4 is 0 Å². The topological polar surface area (TPSA) is 63.4 Å². The molecule has 0 bridgehead atoms. The highest BCUT2D eigenvalue weighted by atomic mass is 35.5. The second kappa shape index (κ2) is 7.58. The van der Waals surface area contributed by atoms with Crippen molar-refractivity contribution in [1.82, 2.24) is 9.29 Å². The Morgan fingerprint density at radius 1 is 1.08 bits per heavy atom. The van der Waals surface area contributed by atoms with Crippen molar-refractivity contribution in [2.45, 2.75) is 18.0 Å². The molecule has 0 radical (unpaired) electrons. The number of rotatable bonds is 6. The predicted molar refractivity (Wildman–Crippen MR) is 95.8 cm³/mol. The van der Waals surface area contributed by atoms with E-state index in [0.717, 1.165) is 5.56 Å². The fourth-order valence-electron chi connectivity index (χ4n) is 2.31. The molecule has 0 spiro atoms. The van der Waals surface area contributed by atoms with Crippen LogP contribution in [0, 0.1) is 0 Å². The summed E-state index contributed by atoms with van der Waals surface area (Å²) >= 11 is 12.1. The summed E-state index contributed by atoms with van der Waals surface area (Å²) in [6.45, 7) is 0.187. The van der Waals surface area contributed by atoms with E-state index in [1.165, 1.54) is 22.7 Å². The van der Waals surface area contributed by atoms with E-state index < -0.39 is 10.0 Å². The van der Waals surface area contributed by atoms with Crippen molar-refractivity contribution < 1.29 is 12.8 Å². The van der Waals surface area contributed by atoms with E-state index in [1.54, 1.807) is 42.7 Å². The Bertz CT molecular complexity index is 945. The number of sulfonamides is 1. The van der Waals surface area contributed by atoms with Gasteiger partial charge in [-0.15, -0.1) is 0 Å². The Labute approximate surface area is 155 Å².